The average Bonchev–Trinajstić information content (AvgIpc) is 2.50. The Bertz CT molecular complexity index is 554. The number of hydrogen-bond acceptors (Lipinski definition) is 2. The Kier molecular flexibility index (Phi) is 4.88. The van der Waals surface area contributed by atoms with E-state index in [-0.39, 0.29) is 6.04 Å². The second-order valence-electron chi connectivity index (χ2n) is 4.94. The lowest BCUT2D eigenvalue weighted by Crippen LogP contribution is -2.19. The normalized spacial score (nSPS) is 11.9. The van der Waals surface area contributed by atoms with Gasteiger partial charge in [-0.05, 0) is 29.5 Å². The minimum absolute atomic E-state index is 0.0346. The summed E-state index contributed by atoms with van der Waals surface area (Å²) in [4.78, 5) is 10.8. The molecule has 0 aliphatic heterocycles. The molecule has 2 aromatic carbocycles. The monoisotopic (exact) mass is 268 g/mol. The standard InChI is InChI=1S/C17H20N2O/c1-3-17(19(2)18-20)16-12-8-7-11-15(16)13-14-9-5-4-6-10-14/h4-12,17H,3,13H2,1-2H3/t17-/m0/s1. The fraction of sp³-hybridized carbons (Fsp3) is 0.294. The fourth-order valence-corrected chi connectivity index (χ4v) is 2.58. The molecule has 0 aliphatic rings. The Morgan fingerprint density at radius 3 is 2.35 bits per heavy atom. The largest absolute Gasteiger partial charge is 0.256 e. The lowest BCUT2D eigenvalue weighted by atomic mass is 9.94. The van der Waals surface area contributed by atoms with Crippen LogP contribution in [0.25, 0.3) is 0 Å². The van der Waals surface area contributed by atoms with E-state index >= 15 is 0 Å². The Balaban J connectivity index is 2.32. The zero-order chi connectivity index (χ0) is 14.4. The van der Waals surface area contributed by atoms with Gasteiger partial charge >= 0.3 is 0 Å². The van der Waals surface area contributed by atoms with Gasteiger partial charge in [-0.2, -0.15) is 0 Å². The highest BCUT2D eigenvalue weighted by Crippen LogP contribution is 2.27. The summed E-state index contributed by atoms with van der Waals surface area (Å²) in [6.07, 6.45) is 1.73. The molecule has 0 spiro atoms. The molecule has 20 heavy (non-hydrogen) atoms. The lowest BCUT2D eigenvalue weighted by molar-refractivity contribution is 0.245. The van der Waals surface area contributed by atoms with Crippen LogP contribution in [0, 0.1) is 4.91 Å². The maximum absolute atomic E-state index is 10.8. The van der Waals surface area contributed by atoms with E-state index < -0.39 is 0 Å². The molecule has 0 fully saturated rings. The van der Waals surface area contributed by atoms with E-state index in [4.69, 9.17) is 0 Å². The molecule has 104 valence electrons. The van der Waals surface area contributed by atoms with Crippen LogP contribution in [-0.2, 0) is 6.42 Å². The van der Waals surface area contributed by atoms with Gasteiger partial charge < -0.3 is 0 Å². The third-order valence-electron chi connectivity index (χ3n) is 3.62. The molecule has 0 aliphatic carbocycles. The Morgan fingerprint density at radius 2 is 1.70 bits per heavy atom. The van der Waals surface area contributed by atoms with Crippen LogP contribution in [0.5, 0.6) is 0 Å². The van der Waals surface area contributed by atoms with Crippen LogP contribution in [0.1, 0.15) is 36.1 Å². The SMILES string of the molecule is CC[C@@H](c1ccccc1Cc1ccccc1)N(C)N=O. The minimum atomic E-state index is 0.0346. The number of benzene rings is 2. The molecule has 0 saturated heterocycles. The first-order chi connectivity index (χ1) is 9.76. The summed E-state index contributed by atoms with van der Waals surface area (Å²) in [5, 5.41) is 4.57. The summed E-state index contributed by atoms with van der Waals surface area (Å²) in [5.74, 6) is 0. The number of hydrogen-bond donors (Lipinski definition) is 0. The van der Waals surface area contributed by atoms with Crippen molar-refractivity contribution in [2.75, 3.05) is 7.05 Å². The van der Waals surface area contributed by atoms with E-state index in [9.17, 15) is 4.91 Å². The second-order valence-corrected chi connectivity index (χ2v) is 4.94. The van der Waals surface area contributed by atoms with Crippen molar-refractivity contribution in [1.29, 1.82) is 0 Å². The average molecular weight is 268 g/mol. The van der Waals surface area contributed by atoms with Gasteiger partial charge in [0.2, 0.25) is 0 Å². The zero-order valence-corrected chi connectivity index (χ0v) is 12.0. The van der Waals surface area contributed by atoms with Crippen LogP contribution in [0.4, 0.5) is 0 Å². The number of rotatable bonds is 6. The number of nitrogens with zero attached hydrogens (tertiary/aromatic N) is 2. The first-order valence-electron chi connectivity index (χ1n) is 6.94. The van der Waals surface area contributed by atoms with Crippen LogP contribution in [0.15, 0.2) is 59.9 Å². The summed E-state index contributed by atoms with van der Waals surface area (Å²) in [7, 11) is 1.74. The molecule has 0 N–H and O–H groups in total. The second kappa shape index (κ2) is 6.85. The molecule has 2 rings (SSSR count). The molecule has 0 heterocycles. The van der Waals surface area contributed by atoms with Gasteiger partial charge in [-0.3, -0.25) is 5.01 Å². The Morgan fingerprint density at radius 1 is 1.05 bits per heavy atom. The molecular formula is C17H20N2O. The van der Waals surface area contributed by atoms with E-state index in [1.807, 2.05) is 30.3 Å². The van der Waals surface area contributed by atoms with Crippen LogP contribution in [0.3, 0.4) is 0 Å². The third-order valence-corrected chi connectivity index (χ3v) is 3.62. The van der Waals surface area contributed by atoms with E-state index in [1.165, 1.54) is 21.7 Å². The van der Waals surface area contributed by atoms with Gasteiger partial charge in [0.1, 0.15) is 0 Å². The molecule has 0 amide bonds. The first-order valence-corrected chi connectivity index (χ1v) is 6.94. The fourth-order valence-electron chi connectivity index (χ4n) is 2.58. The zero-order valence-electron chi connectivity index (χ0n) is 12.0. The highest BCUT2D eigenvalue weighted by Gasteiger charge is 2.17. The molecule has 3 nitrogen and oxygen atoms in total. The smallest absolute Gasteiger partial charge is 0.0748 e. The van der Waals surface area contributed by atoms with E-state index in [0.717, 1.165) is 12.8 Å². The van der Waals surface area contributed by atoms with Crippen LogP contribution >= 0.6 is 0 Å². The quantitative estimate of drug-likeness (QED) is 0.576. The van der Waals surface area contributed by atoms with Gasteiger partial charge in [0.25, 0.3) is 0 Å². The van der Waals surface area contributed by atoms with Gasteiger partial charge in [0, 0.05) is 7.05 Å². The molecule has 0 bridgehead atoms. The van der Waals surface area contributed by atoms with Crippen molar-refractivity contribution in [3.05, 3.63) is 76.2 Å². The molecular weight excluding hydrogens is 248 g/mol. The van der Waals surface area contributed by atoms with Gasteiger partial charge in [-0.1, -0.05) is 61.5 Å². The molecule has 2 aromatic rings. The maximum Gasteiger partial charge on any atom is 0.0748 e. The topological polar surface area (TPSA) is 32.7 Å². The maximum atomic E-state index is 10.8. The van der Waals surface area contributed by atoms with Crippen molar-refractivity contribution < 1.29 is 0 Å². The van der Waals surface area contributed by atoms with E-state index in [0.29, 0.717) is 0 Å². The summed E-state index contributed by atoms with van der Waals surface area (Å²) < 4.78 is 0. The van der Waals surface area contributed by atoms with Crippen LogP contribution < -0.4 is 0 Å². The molecule has 0 unspecified atom stereocenters. The first kappa shape index (κ1) is 14.3. The van der Waals surface area contributed by atoms with Crippen molar-refractivity contribution >= 4 is 0 Å². The number of nitroso groups, excluding NO2 is 1. The molecule has 3 heteroatoms. The van der Waals surface area contributed by atoms with Gasteiger partial charge in [0.15, 0.2) is 0 Å². The summed E-state index contributed by atoms with van der Waals surface area (Å²) in [6.45, 7) is 2.08. The summed E-state index contributed by atoms with van der Waals surface area (Å²) >= 11 is 0. The molecule has 0 radical (unpaired) electrons. The van der Waals surface area contributed by atoms with Crippen molar-refractivity contribution in [3.8, 4) is 0 Å². The van der Waals surface area contributed by atoms with Crippen LogP contribution in [0.2, 0.25) is 0 Å². The molecule has 0 aromatic heterocycles. The predicted octanol–water partition coefficient (Wildman–Crippen LogP) is 4.34. The highest BCUT2D eigenvalue weighted by molar-refractivity contribution is 5.34. The van der Waals surface area contributed by atoms with E-state index in [2.05, 4.69) is 36.5 Å². The van der Waals surface area contributed by atoms with Crippen LogP contribution in [-0.4, -0.2) is 12.1 Å². The van der Waals surface area contributed by atoms with Gasteiger partial charge in [-0.25, -0.2) is 0 Å². The molecule has 0 saturated carbocycles. The van der Waals surface area contributed by atoms with Crippen molar-refractivity contribution in [1.82, 2.24) is 5.01 Å². The van der Waals surface area contributed by atoms with Gasteiger partial charge in [-0.15, -0.1) is 4.91 Å². The van der Waals surface area contributed by atoms with E-state index in [1.54, 1.807) is 7.05 Å². The highest BCUT2D eigenvalue weighted by atomic mass is 16.3. The minimum Gasteiger partial charge on any atom is -0.256 e. The van der Waals surface area contributed by atoms with Gasteiger partial charge in [0.05, 0.1) is 11.3 Å². The third kappa shape index (κ3) is 3.23. The predicted molar refractivity (Wildman–Crippen MR) is 82.3 cm³/mol. The van der Waals surface area contributed by atoms with Crippen molar-refractivity contribution in [2.45, 2.75) is 25.8 Å². The Labute approximate surface area is 120 Å². The Hall–Kier alpha value is -2.16. The van der Waals surface area contributed by atoms with Crippen molar-refractivity contribution in [3.63, 3.8) is 0 Å². The van der Waals surface area contributed by atoms with Crippen molar-refractivity contribution in [2.24, 2.45) is 5.29 Å². The summed E-state index contributed by atoms with van der Waals surface area (Å²) in [5.41, 5.74) is 3.71. The molecule has 1 atom stereocenters. The lowest BCUT2D eigenvalue weighted by Gasteiger charge is -2.24. The summed E-state index contributed by atoms with van der Waals surface area (Å²) in [6, 6.07) is 18.7.